The molecule has 1 aliphatic rings. The normalized spacial score (nSPS) is 14.3. The molecule has 4 N–H and O–H groups in total. The summed E-state index contributed by atoms with van der Waals surface area (Å²) < 4.78 is 57.8. The van der Waals surface area contributed by atoms with Crippen LogP contribution < -0.4 is 20.5 Å². The molecule has 0 aliphatic heterocycles. The lowest BCUT2D eigenvalue weighted by atomic mass is 9.93. The minimum absolute atomic E-state index is 0.00340. The number of aromatic nitrogens is 3. The monoisotopic (exact) mass is 673 g/mol. The van der Waals surface area contributed by atoms with Gasteiger partial charge in [0.15, 0.2) is 0 Å². The lowest BCUT2D eigenvalue weighted by Gasteiger charge is -2.31. The van der Waals surface area contributed by atoms with E-state index in [2.05, 4.69) is 15.4 Å². The fourth-order valence-electron chi connectivity index (χ4n) is 5.68. The summed E-state index contributed by atoms with van der Waals surface area (Å²) in [7, 11) is 1.41. The summed E-state index contributed by atoms with van der Waals surface area (Å²) >= 11 is 0. The molecule has 0 radical (unpaired) electrons. The Hall–Kier alpha value is -5.43. The van der Waals surface area contributed by atoms with Crippen LogP contribution in [0.15, 0.2) is 79.0 Å². The van der Waals surface area contributed by atoms with Crippen LogP contribution in [0, 0.1) is 0 Å². The Morgan fingerprint density at radius 2 is 1.73 bits per heavy atom. The van der Waals surface area contributed by atoms with Crippen LogP contribution in [0.5, 0.6) is 11.5 Å². The topological polar surface area (TPSA) is 142 Å². The molecule has 13 heteroatoms. The molecule has 1 fully saturated rings. The number of fused-ring (bicyclic) bond motifs is 1. The van der Waals surface area contributed by atoms with Gasteiger partial charge in [-0.05, 0) is 55.2 Å². The Morgan fingerprint density at radius 1 is 1.02 bits per heavy atom. The highest BCUT2D eigenvalue weighted by atomic mass is 19.4. The van der Waals surface area contributed by atoms with Gasteiger partial charge < -0.3 is 25.6 Å². The highest BCUT2D eigenvalue weighted by Gasteiger charge is 2.56. The number of primary amides is 1. The van der Waals surface area contributed by atoms with Crippen LogP contribution in [0.1, 0.15) is 47.4 Å². The number of nitrogens with one attached hydrogen (secondary N) is 1. The molecule has 1 saturated carbocycles. The molecule has 10 nitrogen and oxygen atoms in total. The number of hydrogen-bond acceptors (Lipinski definition) is 7. The summed E-state index contributed by atoms with van der Waals surface area (Å²) in [5.41, 5.74) is 3.42. The number of aliphatic hydroxyl groups is 1. The minimum Gasteiger partial charge on any atom is -0.494 e. The summed E-state index contributed by atoms with van der Waals surface area (Å²) in [6, 6.07) is 20.3. The van der Waals surface area contributed by atoms with Gasteiger partial charge in [-0.2, -0.15) is 18.3 Å². The minimum atomic E-state index is -5.32. The molecule has 6 rings (SSSR count). The number of carbonyl (C=O) groups excluding carboxylic acids is 2. The largest absolute Gasteiger partial charge is 0.494 e. The number of amides is 2. The molecule has 0 unspecified atom stereocenters. The van der Waals surface area contributed by atoms with E-state index in [-0.39, 0.29) is 41.0 Å². The zero-order chi connectivity index (χ0) is 34.9. The van der Waals surface area contributed by atoms with Crippen LogP contribution in [-0.4, -0.2) is 58.1 Å². The first-order valence-electron chi connectivity index (χ1n) is 15.7. The van der Waals surface area contributed by atoms with E-state index in [1.807, 2.05) is 36.4 Å². The van der Waals surface area contributed by atoms with Crippen molar-refractivity contribution in [3.8, 4) is 33.9 Å². The molecule has 49 heavy (non-hydrogen) atoms. The summed E-state index contributed by atoms with van der Waals surface area (Å²) in [4.78, 5) is 29.8. The summed E-state index contributed by atoms with van der Waals surface area (Å²) in [5, 5.41) is 18.8. The first kappa shape index (κ1) is 33.5. The van der Waals surface area contributed by atoms with E-state index in [9.17, 15) is 27.9 Å². The average molecular weight is 674 g/mol. The number of pyridine rings is 1. The predicted octanol–water partition coefficient (Wildman–Crippen LogP) is 5.72. The van der Waals surface area contributed by atoms with Crippen LogP contribution in [0.2, 0.25) is 0 Å². The van der Waals surface area contributed by atoms with Crippen molar-refractivity contribution in [2.24, 2.45) is 5.73 Å². The Morgan fingerprint density at radius 3 is 2.39 bits per heavy atom. The van der Waals surface area contributed by atoms with Crippen molar-refractivity contribution in [2.45, 2.75) is 44.0 Å². The number of ether oxygens (including phenoxy) is 2. The number of benzene rings is 3. The SMILES string of the molecule is CCOc1c(CC(N)=O)cc([C@@](O)(CNC(=O)c2cc(OC)c3nn(C4CC4)cc3c2)C(F)(F)F)nc1-c1cccc(-c2ccccc2)c1. The van der Waals surface area contributed by atoms with Gasteiger partial charge in [-0.3, -0.25) is 14.3 Å². The van der Waals surface area contributed by atoms with Crippen LogP contribution in [-0.2, 0) is 16.8 Å². The Balaban J connectivity index is 1.41. The van der Waals surface area contributed by atoms with Crippen LogP contribution in [0.4, 0.5) is 13.2 Å². The Labute approximate surface area is 279 Å². The molecule has 0 saturated heterocycles. The maximum absolute atomic E-state index is 14.9. The molecule has 1 aliphatic carbocycles. The third-order valence-electron chi connectivity index (χ3n) is 8.34. The standard InChI is InChI=1S/C36H34F3N5O5/c1-3-49-33-24(18-30(40)45)17-29(42-32(33)23-11-7-10-22(14-23)21-8-5-4-6-9-21)35(47,36(37,38)39)20-41-34(46)25-15-26-19-44(27-12-13-27)43-31(26)28(16-25)48-2/h4-11,14-17,19,27,47H,3,12-13,18,20H2,1-2H3,(H2,40,45)(H,41,46)/t35-/m0/s1. The fourth-order valence-corrected chi connectivity index (χ4v) is 5.68. The van der Waals surface area contributed by atoms with Crippen LogP contribution >= 0.6 is 0 Å². The second kappa shape index (κ2) is 13.2. The van der Waals surface area contributed by atoms with Gasteiger partial charge in [0.1, 0.15) is 22.7 Å². The molecule has 254 valence electrons. The average Bonchev–Trinajstić information content (AvgIpc) is 3.85. The van der Waals surface area contributed by atoms with E-state index < -0.39 is 42.3 Å². The van der Waals surface area contributed by atoms with Gasteiger partial charge in [-0.25, -0.2) is 4.98 Å². The molecule has 2 amide bonds. The van der Waals surface area contributed by atoms with Gasteiger partial charge in [-0.15, -0.1) is 0 Å². The van der Waals surface area contributed by atoms with Gasteiger partial charge in [0, 0.05) is 28.3 Å². The van der Waals surface area contributed by atoms with Crippen molar-refractivity contribution in [2.75, 3.05) is 20.3 Å². The fraction of sp³-hybridized carbons (Fsp3) is 0.278. The third-order valence-corrected chi connectivity index (χ3v) is 8.34. The van der Waals surface area contributed by atoms with Crippen molar-refractivity contribution in [3.05, 3.63) is 95.8 Å². The quantitative estimate of drug-likeness (QED) is 0.154. The van der Waals surface area contributed by atoms with E-state index in [0.717, 1.165) is 30.0 Å². The van der Waals surface area contributed by atoms with Crippen molar-refractivity contribution in [1.82, 2.24) is 20.1 Å². The number of nitrogens with zero attached hydrogens (tertiary/aromatic N) is 3. The smallest absolute Gasteiger partial charge is 0.424 e. The molecule has 5 aromatic rings. The summed E-state index contributed by atoms with van der Waals surface area (Å²) in [5.74, 6) is -1.39. The second-order valence-corrected chi connectivity index (χ2v) is 11.9. The third kappa shape index (κ3) is 6.79. The number of methoxy groups -OCH3 is 1. The number of nitrogens with two attached hydrogens (primary N) is 1. The Bertz CT molecular complexity index is 2030. The molecular weight excluding hydrogens is 639 g/mol. The second-order valence-electron chi connectivity index (χ2n) is 11.9. The van der Waals surface area contributed by atoms with Crippen LogP contribution in [0.3, 0.4) is 0 Å². The number of carbonyl (C=O) groups is 2. The van der Waals surface area contributed by atoms with Gasteiger partial charge in [-0.1, -0.05) is 48.5 Å². The van der Waals surface area contributed by atoms with Crippen molar-refractivity contribution in [3.63, 3.8) is 0 Å². The number of alkyl halides is 3. The van der Waals surface area contributed by atoms with Gasteiger partial charge >= 0.3 is 6.18 Å². The molecule has 2 heterocycles. The molecule has 0 spiro atoms. The van der Waals surface area contributed by atoms with E-state index in [0.29, 0.717) is 16.5 Å². The molecule has 3 aromatic carbocycles. The summed E-state index contributed by atoms with van der Waals surface area (Å²) in [6.07, 6.45) is -2.11. The number of halogens is 3. The van der Waals surface area contributed by atoms with Gasteiger partial charge in [0.2, 0.25) is 11.5 Å². The lowest BCUT2D eigenvalue weighted by molar-refractivity contribution is -0.265. The van der Waals surface area contributed by atoms with E-state index in [4.69, 9.17) is 15.2 Å². The number of rotatable bonds is 12. The lowest BCUT2D eigenvalue weighted by Crippen LogP contribution is -2.51. The van der Waals surface area contributed by atoms with E-state index in [1.165, 1.54) is 19.2 Å². The van der Waals surface area contributed by atoms with Crippen molar-refractivity contribution in [1.29, 1.82) is 0 Å². The first-order chi connectivity index (χ1) is 23.4. The van der Waals surface area contributed by atoms with E-state index in [1.54, 1.807) is 36.0 Å². The maximum atomic E-state index is 14.9. The molecule has 1 atom stereocenters. The first-order valence-corrected chi connectivity index (χ1v) is 15.7. The highest BCUT2D eigenvalue weighted by Crippen LogP contribution is 2.43. The maximum Gasteiger partial charge on any atom is 0.424 e. The molecule has 2 aromatic heterocycles. The van der Waals surface area contributed by atoms with Crippen molar-refractivity contribution < 1.29 is 37.3 Å². The Kier molecular flexibility index (Phi) is 9.04. The van der Waals surface area contributed by atoms with Crippen molar-refractivity contribution >= 4 is 22.7 Å². The van der Waals surface area contributed by atoms with Gasteiger partial charge in [0.25, 0.3) is 5.91 Å². The molecule has 0 bridgehead atoms. The zero-order valence-corrected chi connectivity index (χ0v) is 26.8. The number of hydrogen-bond donors (Lipinski definition) is 3. The predicted molar refractivity (Wildman–Crippen MR) is 176 cm³/mol. The van der Waals surface area contributed by atoms with E-state index >= 15 is 0 Å². The highest BCUT2D eigenvalue weighted by molar-refractivity contribution is 6.00. The van der Waals surface area contributed by atoms with Gasteiger partial charge in [0.05, 0.1) is 38.4 Å². The zero-order valence-electron chi connectivity index (χ0n) is 26.8. The molecular formula is C36H34F3N5O5. The van der Waals surface area contributed by atoms with Crippen LogP contribution in [0.25, 0.3) is 33.3 Å². The summed E-state index contributed by atoms with van der Waals surface area (Å²) in [6.45, 7) is 0.486.